The quantitative estimate of drug-likeness (QED) is 0.838. The monoisotopic (exact) mass is 277 g/mol. The number of hydrogen-bond acceptors (Lipinski definition) is 4. The number of phenolic OH excluding ortho intramolecular Hbond substituents is 1. The summed E-state index contributed by atoms with van der Waals surface area (Å²) in [6.45, 7) is 5.12. The molecule has 2 rings (SSSR count). The molecule has 1 aliphatic rings. The van der Waals surface area contributed by atoms with E-state index in [1.165, 1.54) is 5.56 Å². The molecule has 0 atom stereocenters. The SMILES string of the molecule is CCOC(=O)CCCN1CCc2cccc(O)c2CC1. The van der Waals surface area contributed by atoms with Crippen molar-refractivity contribution >= 4 is 5.97 Å². The van der Waals surface area contributed by atoms with E-state index in [1.807, 2.05) is 13.0 Å². The van der Waals surface area contributed by atoms with Crippen molar-refractivity contribution in [2.24, 2.45) is 0 Å². The lowest BCUT2D eigenvalue weighted by Gasteiger charge is -2.19. The van der Waals surface area contributed by atoms with Gasteiger partial charge in [0, 0.05) is 19.5 Å². The third-order valence-corrected chi connectivity index (χ3v) is 3.78. The number of carbonyl (C=O) groups excluding carboxylic acids is 1. The molecule has 0 unspecified atom stereocenters. The number of fused-ring (bicyclic) bond motifs is 1. The Kier molecular flexibility index (Phi) is 5.41. The van der Waals surface area contributed by atoms with Crippen LogP contribution in [-0.4, -0.2) is 42.2 Å². The van der Waals surface area contributed by atoms with E-state index in [9.17, 15) is 9.90 Å². The van der Waals surface area contributed by atoms with Crippen molar-refractivity contribution in [3.8, 4) is 5.75 Å². The van der Waals surface area contributed by atoms with Gasteiger partial charge in [-0.1, -0.05) is 12.1 Å². The molecule has 0 fully saturated rings. The van der Waals surface area contributed by atoms with Gasteiger partial charge in [0.15, 0.2) is 0 Å². The number of nitrogens with zero attached hydrogens (tertiary/aromatic N) is 1. The third-order valence-electron chi connectivity index (χ3n) is 3.78. The van der Waals surface area contributed by atoms with Gasteiger partial charge in [-0.25, -0.2) is 0 Å². The first-order valence-electron chi connectivity index (χ1n) is 7.38. The summed E-state index contributed by atoms with van der Waals surface area (Å²) in [5, 5.41) is 9.90. The van der Waals surface area contributed by atoms with Crippen LogP contribution in [-0.2, 0) is 22.4 Å². The van der Waals surface area contributed by atoms with E-state index in [2.05, 4.69) is 11.0 Å². The van der Waals surface area contributed by atoms with E-state index in [0.29, 0.717) is 18.8 Å². The predicted octanol–water partition coefficient (Wildman–Crippen LogP) is 2.14. The number of carbonyl (C=O) groups is 1. The fourth-order valence-corrected chi connectivity index (χ4v) is 2.71. The molecular weight excluding hydrogens is 254 g/mol. The molecule has 1 N–H and O–H groups in total. The third kappa shape index (κ3) is 3.97. The fourth-order valence-electron chi connectivity index (χ4n) is 2.71. The van der Waals surface area contributed by atoms with Crippen LogP contribution in [0.15, 0.2) is 18.2 Å². The van der Waals surface area contributed by atoms with Crippen molar-refractivity contribution in [2.45, 2.75) is 32.6 Å². The van der Waals surface area contributed by atoms with Crippen LogP contribution in [0.4, 0.5) is 0 Å². The second-order valence-corrected chi connectivity index (χ2v) is 5.17. The molecule has 0 aromatic heterocycles. The van der Waals surface area contributed by atoms with E-state index >= 15 is 0 Å². The molecule has 110 valence electrons. The van der Waals surface area contributed by atoms with E-state index in [4.69, 9.17) is 4.74 Å². The van der Waals surface area contributed by atoms with Crippen molar-refractivity contribution in [1.82, 2.24) is 4.90 Å². The Hall–Kier alpha value is -1.55. The maximum Gasteiger partial charge on any atom is 0.305 e. The Bertz CT molecular complexity index is 459. The summed E-state index contributed by atoms with van der Waals surface area (Å²) in [6.07, 6.45) is 3.16. The van der Waals surface area contributed by atoms with E-state index < -0.39 is 0 Å². The van der Waals surface area contributed by atoms with Crippen LogP contribution in [0, 0.1) is 0 Å². The molecule has 1 aromatic carbocycles. The first kappa shape index (κ1) is 14.9. The summed E-state index contributed by atoms with van der Waals surface area (Å²) in [4.78, 5) is 13.7. The van der Waals surface area contributed by atoms with Crippen molar-refractivity contribution < 1.29 is 14.6 Å². The Morgan fingerprint density at radius 3 is 2.95 bits per heavy atom. The zero-order chi connectivity index (χ0) is 14.4. The molecule has 4 nitrogen and oxygen atoms in total. The Morgan fingerprint density at radius 1 is 1.35 bits per heavy atom. The molecule has 0 spiro atoms. The summed E-state index contributed by atoms with van der Waals surface area (Å²) in [5.41, 5.74) is 2.33. The van der Waals surface area contributed by atoms with Gasteiger partial charge in [0.1, 0.15) is 5.75 Å². The highest BCUT2D eigenvalue weighted by Gasteiger charge is 2.16. The Morgan fingerprint density at radius 2 is 2.15 bits per heavy atom. The van der Waals surface area contributed by atoms with Crippen LogP contribution in [0.25, 0.3) is 0 Å². The average molecular weight is 277 g/mol. The van der Waals surface area contributed by atoms with Gasteiger partial charge < -0.3 is 14.7 Å². The maximum atomic E-state index is 11.3. The van der Waals surface area contributed by atoms with E-state index in [0.717, 1.165) is 44.5 Å². The van der Waals surface area contributed by atoms with Crippen LogP contribution in [0.2, 0.25) is 0 Å². The number of hydrogen-bond donors (Lipinski definition) is 1. The van der Waals surface area contributed by atoms with Crippen molar-refractivity contribution in [1.29, 1.82) is 0 Å². The van der Waals surface area contributed by atoms with Crippen molar-refractivity contribution in [3.05, 3.63) is 29.3 Å². The van der Waals surface area contributed by atoms with Gasteiger partial charge >= 0.3 is 5.97 Å². The van der Waals surface area contributed by atoms with Crippen molar-refractivity contribution in [2.75, 3.05) is 26.2 Å². The minimum atomic E-state index is -0.108. The smallest absolute Gasteiger partial charge is 0.305 e. The Balaban J connectivity index is 1.80. The van der Waals surface area contributed by atoms with Gasteiger partial charge in [0.2, 0.25) is 0 Å². The zero-order valence-corrected chi connectivity index (χ0v) is 12.1. The van der Waals surface area contributed by atoms with Gasteiger partial charge in [-0.3, -0.25) is 4.79 Å². The summed E-state index contributed by atoms with van der Waals surface area (Å²) < 4.78 is 4.93. The maximum absolute atomic E-state index is 11.3. The van der Waals surface area contributed by atoms with Crippen molar-refractivity contribution in [3.63, 3.8) is 0 Å². The number of aromatic hydroxyl groups is 1. The summed E-state index contributed by atoms with van der Waals surface area (Å²) in [5.74, 6) is 0.305. The molecular formula is C16H23NO3. The lowest BCUT2D eigenvalue weighted by Crippen LogP contribution is -2.28. The van der Waals surface area contributed by atoms with Crippen LogP contribution in [0.5, 0.6) is 5.75 Å². The van der Waals surface area contributed by atoms with Gasteiger partial charge in [-0.15, -0.1) is 0 Å². The first-order chi connectivity index (χ1) is 9.70. The minimum Gasteiger partial charge on any atom is -0.508 e. The summed E-state index contributed by atoms with van der Waals surface area (Å²) in [6, 6.07) is 5.76. The predicted molar refractivity (Wildman–Crippen MR) is 77.8 cm³/mol. The lowest BCUT2D eigenvalue weighted by molar-refractivity contribution is -0.143. The number of esters is 1. The average Bonchev–Trinajstić information content (AvgIpc) is 2.63. The zero-order valence-electron chi connectivity index (χ0n) is 12.1. The molecule has 20 heavy (non-hydrogen) atoms. The second-order valence-electron chi connectivity index (χ2n) is 5.17. The molecule has 0 amide bonds. The van der Waals surface area contributed by atoms with E-state index in [-0.39, 0.29) is 5.97 Å². The number of rotatable bonds is 5. The summed E-state index contributed by atoms with van der Waals surface area (Å²) >= 11 is 0. The topological polar surface area (TPSA) is 49.8 Å². The lowest BCUT2D eigenvalue weighted by atomic mass is 10.0. The Labute approximate surface area is 120 Å². The minimum absolute atomic E-state index is 0.108. The molecule has 4 heteroatoms. The van der Waals surface area contributed by atoms with Gasteiger partial charge in [-0.05, 0) is 49.9 Å². The molecule has 0 bridgehead atoms. The number of benzene rings is 1. The molecule has 0 saturated carbocycles. The first-order valence-corrected chi connectivity index (χ1v) is 7.38. The highest BCUT2D eigenvalue weighted by molar-refractivity contribution is 5.69. The molecule has 0 aliphatic carbocycles. The van der Waals surface area contributed by atoms with Crippen LogP contribution in [0.3, 0.4) is 0 Å². The standard InChI is InChI=1S/C16H23NO3/c1-2-20-16(19)7-4-10-17-11-8-13-5-3-6-15(18)14(13)9-12-17/h3,5-6,18H,2,4,7-12H2,1H3. The van der Waals surface area contributed by atoms with E-state index in [1.54, 1.807) is 6.07 Å². The summed E-state index contributed by atoms with van der Waals surface area (Å²) in [7, 11) is 0. The van der Waals surface area contributed by atoms with Gasteiger partial charge in [-0.2, -0.15) is 0 Å². The van der Waals surface area contributed by atoms with Crippen LogP contribution in [0.1, 0.15) is 30.9 Å². The van der Waals surface area contributed by atoms with Gasteiger partial charge in [0.25, 0.3) is 0 Å². The molecule has 0 radical (unpaired) electrons. The number of phenols is 1. The molecule has 0 saturated heterocycles. The highest BCUT2D eigenvalue weighted by atomic mass is 16.5. The number of ether oxygens (including phenoxy) is 1. The largest absolute Gasteiger partial charge is 0.508 e. The van der Waals surface area contributed by atoms with Crippen LogP contribution < -0.4 is 0 Å². The second kappa shape index (κ2) is 7.29. The molecule has 1 heterocycles. The fraction of sp³-hybridized carbons (Fsp3) is 0.562. The molecule has 1 aliphatic heterocycles. The molecule has 1 aromatic rings. The van der Waals surface area contributed by atoms with Crippen LogP contribution >= 0.6 is 0 Å². The normalized spacial score (nSPS) is 15.4. The van der Waals surface area contributed by atoms with Gasteiger partial charge in [0.05, 0.1) is 6.61 Å². The highest BCUT2D eigenvalue weighted by Crippen LogP contribution is 2.24.